The average Bonchev–Trinajstić information content (AvgIpc) is 3.06. The van der Waals surface area contributed by atoms with Crippen LogP contribution in [0.4, 0.5) is 19.3 Å². The van der Waals surface area contributed by atoms with E-state index >= 15 is 0 Å². The number of anilines is 1. The van der Waals surface area contributed by atoms with Gasteiger partial charge < -0.3 is 5.32 Å². The predicted molar refractivity (Wildman–Crippen MR) is 113 cm³/mol. The number of aromatic nitrogens is 3. The number of nitrogens with two attached hydrogens (primary N) is 1. The van der Waals surface area contributed by atoms with Crippen molar-refractivity contribution in [2.45, 2.75) is 80.6 Å². The van der Waals surface area contributed by atoms with Crippen LogP contribution in [-0.4, -0.2) is 25.0 Å². The number of rotatable bonds is 2. The molecule has 0 aromatic carbocycles. The summed E-state index contributed by atoms with van der Waals surface area (Å²) in [6, 6.07) is -0.893. The van der Waals surface area contributed by atoms with E-state index in [-0.39, 0.29) is 29.7 Å². The van der Waals surface area contributed by atoms with Gasteiger partial charge >= 0.3 is 6.03 Å². The third-order valence-corrected chi connectivity index (χ3v) is 8.68. The second kappa shape index (κ2) is 6.57. The van der Waals surface area contributed by atoms with Crippen LogP contribution in [0.15, 0.2) is 15.5 Å². The number of aryl methyl sites for hydroxylation is 2. The average molecular weight is 463 g/mol. The minimum absolute atomic E-state index is 0.147. The number of amides is 2. The number of carbonyl (C=O) groups excluding carboxylic acids is 1. The molecule has 2 aromatic rings. The van der Waals surface area contributed by atoms with E-state index in [2.05, 4.69) is 14.8 Å². The number of alkyl halides is 2. The molecule has 0 saturated heterocycles. The summed E-state index contributed by atoms with van der Waals surface area (Å²) in [7, 11) is -3.90. The lowest BCUT2D eigenvalue weighted by Crippen LogP contribution is -2.29. The molecular formula is C21H24F2N6O2S. The Balaban J connectivity index is 1.38. The predicted octanol–water partition coefficient (Wildman–Crippen LogP) is 3.56. The normalized spacial score (nSPS) is 23.2. The number of urea groups is 1. The van der Waals surface area contributed by atoms with Gasteiger partial charge in [0.15, 0.2) is 0 Å². The number of pyridine rings is 1. The molecule has 1 fully saturated rings. The van der Waals surface area contributed by atoms with Gasteiger partial charge in [-0.1, -0.05) is 0 Å². The van der Waals surface area contributed by atoms with Gasteiger partial charge in [-0.15, -0.1) is 4.36 Å². The van der Waals surface area contributed by atoms with Gasteiger partial charge in [0, 0.05) is 24.1 Å². The van der Waals surface area contributed by atoms with Gasteiger partial charge in [-0.2, -0.15) is 13.9 Å². The minimum atomic E-state index is -3.90. The molecule has 0 radical (unpaired) electrons. The van der Waals surface area contributed by atoms with Gasteiger partial charge in [0.25, 0.3) is 5.92 Å². The largest absolute Gasteiger partial charge is 0.354 e. The van der Waals surface area contributed by atoms with Crippen molar-refractivity contribution >= 4 is 21.6 Å². The summed E-state index contributed by atoms with van der Waals surface area (Å²) in [6.45, 7) is 0.281. The molecule has 1 spiro atoms. The van der Waals surface area contributed by atoms with Gasteiger partial charge in [-0.3, -0.25) is 9.67 Å². The molecule has 3 aliphatic carbocycles. The first-order chi connectivity index (χ1) is 15.2. The van der Waals surface area contributed by atoms with E-state index in [1.807, 2.05) is 0 Å². The Hall–Kier alpha value is -2.40. The maximum atomic E-state index is 14.5. The van der Waals surface area contributed by atoms with E-state index in [1.54, 1.807) is 0 Å². The first-order valence-corrected chi connectivity index (χ1v) is 12.6. The summed E-state index contributed by atoms with van der Waals surface area (Å²) in [5.74, 6) is -3.22. The van der Waals surface area contributed by atoms with Crippen molar-refractivity contribution in [2.75, 3.05) is 5.32 Å². The Bertz CT molecular complexity index is 1290. The zero-order valence-corrected chi connectivity index (χ0v) is 18.3. The Labute approximate surface area is 184 Å². The van der Waals surface area contributed by atoms with Crippen molar-refractivity contribution in [2.24, 2.45) is 9.50 Å². The molecule has 1 atom stereocenters. The maximum Gasteiger partial charge on any atom is 0.354 e. The van der Waals surface area contributed by atoms with Crippen LogP contribution in [0.3, 0.4) is 0 Å². The fourth-order valence-electron chi connectivity index (χ4n) is 5.57. The Kier molecular flexibility index (Phi) is 4.15. The smallest absolute Gasteiger partial charge is 0.305 e. The zero-order chi connectivity index (χ0) is 22.3. The number of fused-ring (bicyclic) bond motifs is 4. The van der Waals surface area contributed by atoms with Crippen molar-refractivity contribution in [3.05, 3.63) is 34.4 Å². The summed E-state index contributed by atoms with van der Waals surface area (Å²) in [6.07, 6.45) is 7.62. The van der Waals surface area contributed by atoms with E-state index in [4.69, 9.17) is 10.1 Å². The zero-order valence-electron chi connectivity index (χ0n) is 17.5. The lowest BCUT2D eigenvalue weighted by atomic mass is 10.0. The minimum Gasteiger partial charge on any atom is -0.305 e. The number of carbonyl (C=O) groups is 1. The van der Waals surface area contributed by atoms with E-state index in [0.29, 0.717) is 5.69 Å². The topological polar surface area (TPSA) is 115 Å². The molecule has 1 unspecified atom stereocenters. The van der Waals surface area contributed by atoms with Crippen LogP contribution < -0.4 is 10.5 Å². The monoisotopic (exact) mass is 462 g/mol. The van der Waals surface area contributed by atoms with Crippen molar-refractivity contribution in [3.8, 4) is 0 Å². The number of hydrogen-bond donors (Lipinski definition) is 2. The highest BCUT2D eigenvalue weighted by atomic mass is 32.2. The standard InChI is InChI=1S/C21H24F2N6O2S/c22-21(23)6-2-10-29-18(21)15(11-25-29)32(24,31)28-19(30)27-16-12-3-1-4-14(12)26-17-13(16)5-7-20(17)8-9-20/h11H,1-10H2,(H3,24,26,27,28,30,31). The van der Waals surface area contributed by atoms with Gasteiger partial charge in [0.05, 0.1) is 17.6 Å². The van der Waals surface area contributed by atoms with Gasteiger partial charge in [0.1, 0.15) is 20.5 Å². The molecule has 32 heavy (non-hydrogen) atoms. The quantitative estimate of drug-likeness (QED) is 0.710. The van der Waals surface area contributed by atoms with Crippen LogP contribution in [0.5, 0.6) is 0 Å². The van der Waals surface area contributed by atoms with Gasteiger partial charge in [0.2, 0.25) is 0 Å². The third-order valence-electron chi connectivity index (χ3n) is 7.31. The molecular weight excluding hydrogens is 438 g/mol. The molecule has 11 heteroatoms. The van der Waals surface area contributed by atoms with Gasteiger partial charge in [-0.05, 0) is 62.5 Å². The fourth-order valence-corrected chi connectivity index (χ4v) is 6.69. The molecule has 8 nitrogen and oxygen atoms in total. The summed E-state index contributed by atoms with van der Waals surface area (Å²) in [5.41, 5.74) is 4.46. The molecule has 3 N–H and O–H groups in total. The molecule has 170 valence electrons. The lowest BCUT2D eigenvalue weighted by Gasteiger charge is -2.24. The lowest BCUT2D eigenvalue weighted by molar-refractivity contribution is -0.0393. The number of nitrogens with one attached hydrogen (secondary N) is 1. The Morgan fingerprint density at radius 3 is 2.75 bits per heavy atom. The van der Waals surface area contributed by atoms with Crippen LogP contribution in [0.1, 0.15) is 66.7 Å². The van der Waals surface area contributed by atoms with Crippen molar-refractivity contribution in [3.63, 3.8) is 0 Å². The molecule has 3 heterocycles. The Morgan fingerprint density at radius 1 is 1.16 bits per heavy atom. The molecule has 6 rings (SSSR count). The Morgan fingerprint density at radius 2 is 1.97 bits per heavy atom. The van der Waals surface area contributed by atoms with Crippen molar-refractivity contribution in [1.82, 2.24) is 14.8 Å². The van der Waals surface area contributed by atoms with Crippen LogP contribution in [0.25, 0.3) is 0 Å². The van der Waals surface area contributed by atoms with Crippen LogP contribution in [0, 0.1) is 0 Å². The SMILES string of the molecule is NS(=O)(=NC(=O)Nc1c2c(nc3c1CCC31CC1)CCC2)c1cnn2c1C(F)(F)CCC2. The molecule has 2 amide bonds. The van der Waals surface area contributed by atoms with E-state index in [1.165, 1.54) is 0 Å². The first-order valence-electron chi connectivity index (χ1n) is 11.1. The summed E-state index contributed by atoms with van der Waals surface area (Å²) in [5, 5.41) is 12.6. The first kappa shape index (κ1) is 20.2. The summed E-state index contributed by atoms with van der Waals surface area (Å²) in [4.78, 5) is 17.4. The highest BCUT2D eigenvalue weighted by molar-refractivity contribution is 7.91. The van der Waals surface area contributed by atoms with Crippen LogP contribution in [0.2, 0.25) is 0 Å². The second-order valence-corrected chi connectivity index (χ2v) is 11.1. The number of halogens is 2. The van der Waals surface area contributed by atoms with Gasteiger partial charge in [-0.25, -0.2) is 14.1 Å². The van der Waals surface area contributed by atoms with Crippen molar-refractivity contribution < 1.29 is 17.8 Å². The van der Waals surface area contributed by atoms with E-state index in [9.17, 15) is 17.8 Å². The van der Waals surface area contributed by atoms with Crippen LogP contribution >= 0.6 is 0 Å². The highest BCUT2D eigenvalue weighted by Crippen LogP contribution is 2.58. The molecule has 2 aromatic heterocycles. The molecule has 4 aliphatic rings. The summed E-state index contributed by atoms with van der Waals surface area (Å²) >= 11 is 0. The maximum absolute atomic E-state index is 14.5. The molecule has 1 aliphatic heterocycles. The van der Waals surface area contributed by atoms with E-state index in [0.717, 1.165) is 78.3 Å². The molecule has 0 bridgehead atoms. The summed E-state index contributed by atoms with van der Waals surface area (Å²) < 4.78 is 46.9. The second-order valence-electron chi connectivity index (χ2n) is 9.35. The molecule has 1 saturated carbocycles. The van der Waals surface area contributed by atoms with Crippen molar-refractivity contribution in [1.29, 1.82) is 0 Å². The van der Waals surface area contributed by atoms with E-state index < -0.39 is 27.6 Å². The van der Waals surface area contributed by atoms with Crippen LogP contribution in [-0.2, 0) is 47.1 Å². The highest BCUT2D eigenvalue weighted by Gasteiger charge is 2.51. The third kappa shape index (κ3) is 2.93. The number of hydrogen-bond acceptors (Lipinski definition) is 4. The number of nitrogens with zero attached hydrogens (tertiary/aromatic N) is 4. The fraction of sp³-hybridized carbons (Fsp3) is 0.571.